The van der Waals surface area contributed by atoms with Crippen LogP contribution >= 0.6 is 11.9 Å². The molecule has 4 rings (SSSR count). The Kier molecular flexibility index (Phi) is 4.59. The second kappa shape index (κ2) is 7.19. The zero-order valence-electron chi connectivity index (χ0n) is 14.7. The molecule has 10 nitrogen and oxygen atoms in total. The van der Waals surface area contributed by atoms with E-state index in [-0.39, 0.29) is 12.5 Å². The lowest BCUT2D eigenvalue weighted by Crippen LogP contribution is -2.28. The van der Waals surface area contributed by atoms with Crippen LogP contribution in [0, 0.1) is 0 Å². The summed E-state index contributed by atoms with van der Waals surface area (Å²) in [6, 6.07) is 5.50. The molecule has 11 heteroatoms. The molecule has 0 spiro atoms. The van der Waals surface area contributed by atoms with Crippen LogP contribution in [0.2, 0.25) is 0 Å². The molecule has 0 atom stereocenters. The Hall–Kier alpha value is -3.21. The van der Waals surface area contributed by atoms with Crippen molar-refractivity contribution in [1.29, 1.82) is 0 Å². The SMILES string of the molecule is CNc1cc2nc3c(cnn13)C(=O)NCCOc1nc(ccc1NSC)N2. The van der Waals surface area contributed by atoms with Crippen molar-refractivity contribution in [1.82, 2.24) is 24.9 Å². The van der Waals surface area contributed by atoms with Crippen LogP contribution in [-0.4, -0.2) is 51.9 Å². The molecule has 27 heavy (non-hydrogen) atoms. The molecule has 3 aromatic rings. The van der Waals surface area contributed by atoms with E-state index in [9.17, 15) is 4.79 Å². The maximum absolute atomic E-state index is 12.5. The minimum Gasteiger partial charge on any atom is -0.474 e. The summed E-state index contributed by atoms with van der Waals surface area (Å²) < 4.78 is 10.5. The maximum Gasteiger partial charge on any atom is 0.256 e. The minimum absolute atomic E-state index is 0.262. The van der Waals surface area contributed by atoms with Gasteiger partial charge in [-0.25, -0.2) is 4.98 Å². The van der Waals surface area contributed by atoms with E-state index in [0.29, 0.717) is 41.1 Å². The standard InChI is InChI=1S/C16H18N8O2S/c1-17-13-7-12-20-11-4-3-10(23-27-2)16(22-11)26-6-5-18-15(25)9-8-19-24(13)14(9)21-12/h3-4,7-8,17,23H,5-6H2,1-2H3,(H,18,25)(H,20,21,22). The quantitative estimate of drug-likeness (QED) is 0.499. The second-order valence-corrected chi connectivity index (χ2v) is 6.27. The van der Waals surface area contributed by atoms with E-state index in [1.165, 1.54) is 18.1 Å². The number of amides is 1. The van der Waals surface area contributed by atoms with Crippen LogP contribution in [-0.2, 0) is 0 Å². The predicted octanol–water partition coefficient (Wildman–Crippen LogP) is 1.72. The molecule has 0 saturated carbocycles. The highest BCUT2D eigenvalue weighted by molar-refractivity contribution is 7.99. The van der Waals surface area contributed by atoms with Gasteiger partial charge in [-0.2, -0.15) is 14.6 Å². The topological polar surface area (TPSA) is 118 Å². The van der Waals surface area contributed by atoms with E-state index in [1.54, 1.807) is 17.6 Å². The third-order valence-electron chi connectivity index (χ3n) is 3.93. The van der Waals surface area contributed by atoms with E-state index < -0.39 is 0 Å². The van der Waals surface area contributed by atoms with Gasteiger partial charge >= 0.3 is 0 Å². The number of hydrogen-bond donors (Lipinski definition) is 4. The summed E-state index contributed by atoms with van der Waals surface area (Å²) in [6.07, 6.45) is 3.42. The fraction of sp³-hybridized carbons (Fsp3) is 0.250. The van der Waals surface area contributed by atoms with Gasteiger partial charge in [-0.05, 0) is 12.1 Å². The number of aromatic nitrogens is 4. The van der Waals surface area contributed by atoms with Crippen LogP contribution in [0.4, 0.5) is 23.1 Å². The Labute approximate surface area is 159 Å². The Morgan fingerprint density at radius 3 is 3.00 bits per heavy atom. The summed E-state index contributed by atoms with van der Waals surface area (Å²) in [5, 5.41) is 13.3. The Morgan fingerprint density at radius 1 is 1.30 bits per heavy atom. The molecule has 0 aliphatic carbocycles. The van der Waals surface area contributed by atoms with Gasteiger partial charge in [-0.1, -0.05) is 11.9 Å². The molecule has 1 amide bonds. The first kappa shape index (κ1) is 17.2. The highest BCUT2D eigenvalue weighted by Gasteiger charge is 2.18. The summed E-state index contributed by atoms with van der Waals surface area (Å²) >= 11 is 1.44. The summed E-state index contributed by atoms with van der Waals surface area (Å²) in [5.41, 5.74) is 1.59. The first-order valence-electron chi connectivity index (χ1n) is 8.24. The number of carbonyl (C=O) groups is 1. The van der Waals surface area contributed by atoms with Crippen LogP contribution in [0.5, 0.6) is 5.88 Å². The third kappa shape index (κ3) is 3.28. The Bertz CT molecular complexity index is 1010. The molecule has 3 aromatic heterocycles. The van der Waals surface area contributed by atoms with Gasteiger partial charge in [-0.15, -0.1) is 0 Å². The molecule has 0 fully saturated rings. The van der Waals surface area contributed by atoms with Gasteiger partial charge in [0.15, 0.2) is 5.65 Å². The minimum atomic E-state index is -0.262. The molecule has 0 aromatic carbocycles. The summed E-state index contributed by atoms with van der Waals surface area (Å²) in [7, 11) is 1.78. The lowest BCUT2D eigenvalue weighted by molar-refractivity contribution is 0.0948. The van der Waals surface area contributed by atoms with Gasteiger partial charge in [0.05, 0.1) is 12.7 Å². The van der Waals surface area contributed by atoms with Crippen molar-refractivity contribution in [3.8, 4) is 5.88 Å². The van der Waals surface area contributed by atoms with Crippen LogP contribution in [0.15, 0.2) is 24.4 Å². The number of fused-ring (bicyclic) bond motifs is 3. The smallest absolute Gasteiger partial charge is 0.256 e. The number of pyridine rings is 1. The second-order valence-electron chi connectivity index (χ2n) is 5.66. The number of anilines is 4. The van der Waals surface area contributed by atoms with E-state index in [1.807, 2.05) is 18.4 Å². The number of rotatable bonds is 3. The number of carbonyl (C=O) groups excluding carboxylic acids is 1. The zero-order valence-corrected chi connectivity index (χ0v) is 15.6. The summed E-state index contributed by atoms with van der Waals surface area (Å²) in [5.74, 6) is 1.98. The number of nitrogens with one attached hydrogen (secondary N) is 4. The molecule has 0 saturated heterocycles. The molecule has 4 bridgehead atoms. The average molecular weight is 386 g/mol. The van der Waals surface area contributed by atoms with Gasteiger partial charge in [-0.3, -0.25) is 4.79 Å². The van der Waals surface area contributed by atoms with Crippen molar-refractivity contribution in [3.63, 3.8) is 0 Å². The highest BCUT2D eigenvalue weighted by Crippen LogP contribution is 2.28. The van der Waals surface area contributed by atoms with E-state index in [0.717, 1.165) is 5.69 Å². The molecule has 140 valence electrons. The van der Waals surface area contributed by atoms with Crippen molar-refractivity contribution in [2.75, 3.05) is 41.8 Å². The third-order valence-corrected chi connectivity index (χ3v) is 4.35. The van der Waals surface area contributed by atoms with Crippen molar-refractivity contribution in [2.45, 2.75) is 0 Å². The van der Waals surface area contributed by atoms with Gasteiger partial charge in [0, 0.05) is 19.4 Å². The molecule has 4 heterocycles. The van der Waals surface area contributed by atoms with Crippen LogP contribution in [0.25, 0.3) is 5.65 Å². The van der Waals surface area contributed by atoms with Gasteiger partial charge in [0.2, 0.25) is 5.88 Å². The first-order valence-corrected chi connectivity index (χ1v) is 9.46. The van der Waals surface area contributed by atoms with E-state index in [4.69, 9.17) is 4.74 Å². The fourth-order valence-corrected chi connectivity index (χ4v) is 3.09. The van der Waals surface area contributed by atoms with Crippen molar-refractivity contribution < 1.29 is 9.53 Å². The largest absolute Gasteiger partial charge is 0.474 e. The molecule has 1 aliphatic heterocycles. The summed E-state index contributed by atoms with van der Waals surface area (Å²) in [4.78, 5) is 21.6. The van der Waals surface area contributed by atoms with Crippen molar-refractivity contribution in [3.05, 3.63) is 30.0 Å². The van der Waals surface area contributed by atoms with E-state index in [2.05, 4.69) is 35.7 Å². The Balaban J connectivity index is 1.83. The molecule has 1 aliphatic rings. The van der Waals surface area contributed by atoms with Crippen LogP contribution < -0.4 is 25.4 Å². The number of ether oxygens (including phenoxy) is 1. The monoisotopic (exact) mass is 386 g/mol. The van der Waals surface area contributed by atoms with Gasteiger partial charge < -0.3 is 25.4 Å². The number of nitrogens with zero attached hydrogens (tertiary/aromatic N) is 4. The summed E-state index contributed by atoms with van der Waals surface area (Å²) in [6.45, 7) is 0.606. The molecule has 0 radical (unpaired) electrons. The normalized spacial score (nSPS) is 13.6. The van der Waals surface area contributed by atoms with Crippen LogP contribution in [0.3, 0.4) is 0 Å². The first-order chi connectivity index (χ1) is 13.2. The van der Waals surface area contributed by atoms with Crippen LogP contribution in [0.1, 0.15) is 10.4 Å². The molecule has 0 unspecified atom stereocenters. The lowest BCUT2D eigenvalue weighted by Gasteiger charge is -2.13. The molecule has 4 N–H and O–H groups in total. The number of hydrogen-bond acceptors (Lipinski definition) is 9. The lowest BCUT2D eigenvalue weighted by atomic mass is 10.3. The zero-order chi connectivity index (χ0) is 18.8. The van der Waals surface area contributed by atoms with Gasteiger partial charge in [0.1, 0.15) is 35.3 Å². The maximum atomic E-state index is 12.5. The van der Waals surface area contributed by atoms with Crippen molar-refractivity contribution >= 4 is 46.6 Å². The van der Waals surface area contributed by atoms with Crippen molar-refractivity contribution in [2.24, 2.45) is 0 Å². The van der Waals surface area contributed by atoms with Gasteiger partial charge in [0.25, 0.3) is 5.91 Å². The Morgan fingerprint density at radius 2 is 2.19 bits per heavy atom. The fourth-order valence-electron chi connectivity index (χ4n) is 2.71. The predicted molar refractivity (Wildman–Crippen MR) is 105 cm³/mol. The molecular formula is C16H18N8O2S. The average Bonchev–Trinajstić information content (AvgIpc) is 3.10. The molecular weight excluding hydrogens is 368 g/mol. The highest BCUT2D eigenvalue weighted by atomic mass is 32.2. The van der Waals surface area contributed by atoms with E-state index >= 15 is 0 Å².